The van der Waals surface area contributed by atoms with Crippen molar-refractivity contribution in [3.63, 3.8) is 0 Å². The van der Waals surface area contributed by atoms with Crippen molar-refractivity contribution in [2.45, 2.75) is 20.3 Å². The topological polar surface area (TPSA) is 69.5 Å². The molecule has 0 saturated heterocycles. The minimum absolute atomic E-state index is 0.0370. The lowest BCUT2D eigenvalue weighted by molar-refractivity contribution is 0.281. The van der Waals surface area contributed by atoms with Crippen LogP contribution in [0, 0.1) is 6.92 Å². The van der Waals surface area contributed by atoms with Gasteiger partial charge in [0.15, 0.2) is 0 Å². The predicted molar refractivity (Wildman–Crippen MR) is 77.9 cm³/mol. The highest BCUT2D eigenvalue weighted by Gasteiger charge is 2.15. The Kier molecular flexibility index (Phi) is 4.68. The minimum atomic E-state index is 0.0370. The molecule has 2 aromatic rings. The van der Waals surface area contributed by atoms with Crippen LogP contribution in [0.2, 0.25) is 0 Å². The lowest BCUT2D eigenvalue weighted by Gasteiger charge is -2.22. The van der Waals surface area contributed by atoms with Crippen LogP contribution in [-0.4, -0.2) is 46.5 Å². The second-order valence-electron chi connectivity index (χ2n) is 4.31. The number of hydrogen-bond donors (Lipinski definition) is 2. The van der Waals surface area contributed by atoms with Crippen LogP contribution in [0.5, 0.6) is 0 Å². The van der Waals surface area contributed by atoms with Crippen LogP contribution in [0.1, 0.15) is 17.6 Å². The standard InChI is InChI=1S/C13H19N3O2S/c1-3-10-8-11-12(16(4-6-17)5-7-18)14-9(2)15-13(11)19-10/h8,17-18H,3-7H2,1-2H3. The van der Waals surface area contributed by atoms with Crippen LogP contribution in [0.25, 0.3) is 10.2 Å². The van der Waals surface area contributed by atoms with Gasteiger partial charge in [-0.15, -0.1) is 11.3 Å². The molecule has 2 aromatic heterocycles. The average molecular weight is 281 g/mol. The first-order valence-electron chi connectivity index (χ1n) is 6.43. The molecular weight excluding hydrogens is 262 g/mol. The normalized spacial score (nSPS) is 11.2. The molecule has 0 fully saturated rings. The van der Waals surface area contributed by atoms with E-state index in [1.807, 2.05) is 11.8 Å². The summed E-state index contributed by atoms with van der Waals surface area (Å²) >= 11 is 1.68. The Morgan fingerprint density at radius 2 is 1.89 bits per heavy atom. The summed E-state index contributed by atoms with van der Waals surface area (Å²) < 4.78 is 0. The zero-order valence-electron chi connectivity index (χ0n) is 11.3. The first-order chi connectivity index (χ1) is 9.19. The molecule has 0 saturated carbocycles. The summed E-state index contributed by atoms with van der Waals surface area (Å²) in [7, 11) is 0. The largest absolute Gasteiger partial charge is 0.395 e. The van der Waals surface area contributed by atoms with Gasteiger partial charge in [-0.3, -0.25) is 0 Å². The smallest absolute Gasteiger partial charge is 0.141 e. The number of aliphatic hydroxyl groups is 2. The molecule has 0 unspecified atom stereocenters. The molecule has 2 N–H and O–H groups in total. The zero-order valence-corrected chi connectivity index (χ0v) is 12.1. The number of aromatic nitrogens is 2. The number of aliphatic hydroxyl groups excluding tert-OH is 2. The number of thiophene rings is 1. The molecule has 2 heterocycles. The van der Waals surface area contributed by atoms with Gasteiger partial charge in [-0.1, -0.05) is 6.92 Å². The monoisotopic (exact) mass is 281 g/mol. The predicted octanol–water partition coefficient (Wildman–Crippen LogP) is 1.35. The quantitative estimate of drug-likeness (QED) is 0.836. The van der Waals surface area contributed by atoms with Gasteiger partial charge in [0.25, 0.3) is 0 Å². The maximum Gasteiger partial charge on any atom is 0.141 e. The Morgan fingerprint density at radius 1 is 1.21 bits per heavy atom. The minimum Gasteiger partial charge on any atom is -0.395 e. The average Bonchev–Trinajstić information content (AvgIpc) is 2.80. The van der Waals surface area contributed by atoms with Crippen molar-refractivity contribution in [3.8, 4) is 0 Å². The molecule has 6 heteroatoms. The Balaban J connectivity index is 2.52. The number of fused-ring (bicyclic) bond motifs is 1. The van der Waals surface area contributed by atoms with Crippen molar-refractivity contribution in [1.29, 1.82) is 0 Å². The molecule has 104 valence electrons. The van der Waals surface area contributed by atoms with Gasteiger partial charge < -0.3 is 15.1 Å². The highest BCUT2D eigenvalue weighted by Crippen LogP contribution is 2.31. The summed E-state index contributed by atoms with van der Waals surface area (Å²) in [5.41, 5.74) is 0. The van der Waals surface area contributed by atoms with Crippen LogP contribution in [-0.2, 0) is 6.42 Å². The molecule has 0 aliphatic heterocycles. The fourth-order valence-corrected chi connectivity index (χ4v) is 3.05. The Bertz CT molecular complexity index is 550. The summed E-state index contributed by atoms with van der Waals surface area (Å²) in [5, 5.41) is 19.3. The van der Waals surface area contributed by atoms with Crippen LogP contribution in [0.15, 0.2) is 6.07 Å². The zero-order chi connectivity index (χ0) is 13.8. The van der Waals surface area contributed by atoms with E-state index in [1.54, 1.807) is 11.3 Å². The Labute approximate surface area is 116 Å². The highest BCUT2D eigenvalue weighted by atomic mass is 32.1. The van der Waals surface area contributed by atoms with Gasteiger partial charge in [0.1, 0.15) is 16.5 Å². The van der Waals surface area contributed by atoms with E-state index in [0.717, 1.165) is 22.5 Å². The third-order valence-corrected chi connectivity index (χ3v) is 4.10. The number of anilines is 1. The third kappa shape index (κ3) is 3.02. The van der Waals surface area contributed by atoms with E-state index in [1.165, 1.54) is 4.88 Å². The number of nitrogens with zero attached hydrogens (tertiary/aromatic N) is 3. The van der Waals surface area contributed by atoms with E-state index >= 15 is 0 Å². The first-order valence-corrected chi connectivity index (χ1v) is 7.25. The van der Waals surface area contributed by atoms with Crippen molar-refractivity contribution in [1.82, 2.24) is 9.97 Å². The lowest BCUT2D eigenvalue weighted by atomic mass is 10.3. The fourth-order valence-electron chi connectivity index (χ4n) is 2.04. The summed E-state index contributed by atoms with van der Waals surface area (Å²) in [6.07, 6.45) is 0.972. The summed E-state index contributed by atoms with van der Waals surface area (Å²) in [6.45, 7) is 4.98. The number of rotatable bonds is 6. The molecular formula is C13H19N3O2S. The van der Waals surface area contributed by atoms with E-state index in [4.69, 9.17) is 10.2 Å². The van der Waals surface area contributed by atoms with Gasteiger partial charge in [-0.25, -0.2) is 9.97 Å². The SMILES string of the molecule is CCc1cc2c(N(CCO)CCO)nc(C)nc2s1. The van der Waals surface area contributed by atoms with Crippen LogP contribution in [0.4, 0.5) is 5.82 Å². The summed E-state index contributed by atoms with van der Waals surface area (Å²) in [4.78, 5) is 13.1. The molecule has 0 aliphatic rings. The van der Waals surface area contributed by atoms with E-state index < -0.39 is 0 Å². The second-order valence-corrected chi connectivity index (χ2v) is 5.43. The molecule has 5 nitrogen and oxygen atoms in total. The van der Waals surface area contributed by atoms with Gasteiger partial charge in [0.2, 0.25) is 0 Å². The maximum atomic E-state index is 9.15. The molecule has 0 radical (unpaired) electrons. The van der Waals surface area contributed by atoms with Crippen LogP contribution in [0.3, 0.4) is 0 Å². The van der Waals surface area contributed by atoms with Crippen molar-refractivity contribution >= 4 is 27.4 Å². The molecule has 0 amide bonds. The van der Waals surface area contributed by atoms with E-state index in [9.17, 15) is 0 Å². The summed E-state index contributed by atoms with van der Waals surface area (Å²) in [6, 6.07) is 2.11. The first kappa shape index (κ1) is 14.2. The number of aryl methyl sites for hydroxylation is 2. The van der Waals surface area contributed by atoms with E-state index in [-0.39, 0.29) is 13.2 Å². The van der Waals surface area contributed by atoms with Gasteiger partial charge >= 0.3 is 0 Å². The number of hydrogen-bond acceptors (Lipinski definition) is 6. The molecule has 0 atom stereocenters. The molecule has 0 spiro atoms. The van der Waals surface area contributed by atoms with E-state index in [2.05, 4.69) is 23.0 Å². The van der Waals surface area contributed by atoms with Gasteiger partial charge in [-0.05, 0) is 19.4 Å². The van der Waals surface area contributed by atoms with Crippen LogP contribution >= 0.6 is 11.3 Å². The fraction of sp³-hybridized carbons (Fsp3) is 0.538. The van der Waals surface area contributed by atoms with Crippen molar-refractivity contribution < 1.29 is 10.2 Å². The molecule has 0 bridgehead atoms. The van der Waals surface area contributed by atoms with Gasteiger partial charge in [0.05, 0.1) is 18.6 Å². The van der Waals surface area contributed by atoms with Crippen molar-refractivity contribution in [2.75, 3.05) is 31.2 Å². The molecule has 0 aliphatic carbocycles. The molecule has 0 aromatic carbocycles. The molecule has 2 rings (SSSR count). The Hall–Kier alpha value is -1.24. The van der Waals surface area contributed by atoms with Crippen molar-refractivity contribution in [2.24, 2.45) is 0 Å². The summed E-state index contributed by atoms with van der Waals surface area (Å²) in [5.74, 6) is 1.52. The maximum absolute atomic E-state index is 9.15. The third-order valence-electron chi connectivity index (χ3n) is 2.92. The lowest BCUT2D eigenvalue weighted by Crippen LogP contribution is -2.30. The second kappa shape index (κ2) is 6.27. The van der Waals surface area contributed by atoms with E-state index in [0.29, 0.717) is 18.9 Å². The highest BCUT2D eigenvalue weighted by molar-refractivity contribution is 7.18. The molecule has 19 heavy (non-hydrogen) atoms. The van der Waals surface area contributed by atoms with Gasteiger partial charge in [-0.2, -0.15) is 0 Å². The van der Waals surface area contributed by atoms with Gasteiger partial charge in [0, 0.05) is 18.0 Å². The van der Waals surface area contributed by atoms with Crippen LogP contribution < -0.4 is 4.90 Å². The van der Waals surface area contributed by atoms with Crippen molar-refractivity contribution in [3.05, 3.63) is 16.8 Å². The Morgan fingerprint density at radius 3 is 2.47 bits per heavy atom.